The normalized spacial score (nSPS) is 10.1. The van der Waals surface area contributed by atoms with Gasteiger partial charge in [0.05, 0.1) is 17.7 Å². The van der Waals surface area contributed by atoms with Gasteiger partial charge in [-0.25, -0.2) is 4.98 Å². The zero-order valence-electron chi connectivity index (χ0n) is 15.4. The molecule has 1 aromatic heterocycles. The first-order valence-electron chi connectivity index (χ1n) is 8.83. The average molecular weight is 389 g/mol. The summed E-state index contributed by atoms with van der Waals surface area (Å²) in [4.78, 5) is 18.6. The molecule has 3 aromatic rings. The molecule has 28 heavy (non-hydrogen) atoms. The summed E-state index contributed by atoms with van der Waals surface area (Å²) < 4.78 is 5.51. The van der Waals surface area contributed by atoms with Crippen LogP contribution in [-0.4, -0.2) is 17.5 Å². The van der Waals surface area contributed by atoms with Crippen LogP contribution in [0, 0.1) is 11.3 Å². The molecule has 0 fully saturated rings. The number of nitrogens with zero attached hydrogens (tertiary/aromatic N) is 2. The second kappa shape index (κ2) is 9.58. The minimum atomic E-state index is -0.191. The number of hydrogen-bond donors (Lipinski definition) is 1. The van der Waals surface area contributed by atoms with Crippen molar-refractivity contribution in [2.24, 2.45) is 0 Å². The lowest BCUT2D eigenvalue weighted by molar-refractivity contribution is 0.0947. The molecule has 0 saturated heterocycles. The van der Waals surface area contributed by atoms with Crippen molar-refractivity contribution in [1.82, 2.24) is 10.3 Å². The standard InChI is InChI=1S/C22H19N3O2S/c1-2-27-22-17(9-7-13-24-22)15-25-21(26)18-10-4-6-12-20(18)28-19-11-5-3-8-16(19)14-23/h3-13H,2,15H2,1H3,(H,25,26). The first kappa shape index (κ1) is 19.5. The molecule has 1 N–H and O–H groups in total. The van der Waals surface area contributed by atoms with E-state index < -0.39 is 0 Å². The van der Waals surface area contributed by atoms with E-state index in [0.717, 1.165) is 15.4 Å². The molecule has 2 aromatic carbocycles. The van der Waals surface area contributed by atoms with Gasteiger partial charge in [-0.05, 0) is 37.3 Å². The largest absolute Gasteiger partial charge is 0.478 e. The van der Waals surface area contributed by atoms with E-state index in [1.165, 1.54) is 11.8 Å². The van der Waals surface area contributed by atoms with Crippen LogP contribution in [0.5, 0.6) is 5.88 Å². The summed E-state index contributed by atoms with van der Waals surface area (Å²) in [5.41, 5.74) is 1.96. The summed E-state index contributed by atoms with van der Waals surface area (Å²) in [6.45, 7) is 2.72. The maximum absolute atomic E-state index is 12.8. The van der Waals surface area contributed by atoms with Gasteiger partial charge < -0.3 is 10.1 Å². The fourth-order valence-electron chi connectivity index (χ4n) is 2.61. The Labute approximate surface area is 168 Å². The zero-order valence-corrected chi connectivity index (χ0v) is 16.2. The molecule has 5 nitrogen and oxygen atoms in total. The van der Waals surface area contributed by atoms with Crippen molar-refractivity contribution in [2.45, 2.75) is 23.3 Å². The number of nitrogens with one attached hydrogen (secondary N) is 1. The number of carbonyl (C=O) groups is 1. The minimum Gasteiger partial charge on any atom is -0.478 e. The second-order valence-corrected chi connectivity index (χ2v) is 6.87. The molecule has 0 bridgehead atoms. The molecule has 3 rings (SSSR count). The van der Waals surface area contributed by atoms with Crippen LogP contribution in [0.3, 0.4) is 0 Å². The number of aromatic nitrogens is 1. The quantitative estimate of drug-likeness (QED) is 0.647. The molecule has 0 aliphatic rings. The number of ether oxygens (including phenoxy) is 1. The molecular formula is C22H19N3O2S. The van der Waals surface area contributed by atoms with Crippen LogP contribution in [0.25, 0.3) is 0 Å². The Morgan fingerprint density at radius 1 is 1.11 bits per heavy atom. The zero-order chi connectivity index (χ0) is 19.8. The van der Waals surface area contributed by atoms with Crippen molar-refractivity contribution < 1.29 is 9.53 Å². The minimum absolute atomic E-state index is 0.191. The van der Waals surface area contributed by atoms with Gasteiger partial charge in [-0.1, -0.05) is 42.1 Å². The number of hydrogen-bond acceptors (Lipinski definition) is 5. The van der Waals surface area contributed by atoms with Crippen LogP contribution < -0.4 is 10.1 Å². The van der Waals surface area contributed by atoms with E-state index >= 15 is 0 Å². The Morgan fingerprint density at radius 3 is 2.64 bits per heavy atom. The molecular weight excluding hydrogens is 370 g/mol. The second-order valence-electron chi connectivity index (χ2n) is 5.79. The number of nitriles is 1. The highest BCUT2D eigenvalue weighted by Gasteiger charge is 2.14. The number of amides is 1. The lowest BCUT2D eigenvalue weighted by Crippen LogP contribution is -2.23. The highest BCUT2D eigenvalue weighted by atomic mass is 32.2. The van der Waals surface area contributed by atoms with Gasteiger partial charge in [0.25, 0.3) is 5.91 Å². The van der Waals surface area contributed by atoms with E-state index in [1.807, 2.05) is 55.5 Å². The van der Waals surface area contributed by atoms with Crippen molar-refractivity contribution in [3.8, 4) is 11.9 Å². The van der Waals surface area contributed by atoms with E-state index in [2.05, 4.69) is 16.4 Å². The van der Waals surface area contributed by atoms with Crippen LogP contribution in [-0.2, 0) is 6.54 Å². The summed E-state index contributed by atoms with van der Waals surface area (Å²) in [5.74, 6) is 0.333. The summed E-state index contributed by atoms with van der Waals surface area (Å²) in [5, 5.41) is 12.2. The van der Waals surface area contributed by atoms with Crippen molar-refractivity contribution in [3.63, 3.8) is 0 Å². The van der Waals surface area contributed by atoms with E-state index in [4.69, 9.17) is 4.74 Å². The van der Waals surface area contributed by atoms with Gasteiger partial charge in [0.2, 0.25) is 5.88 Å². The van der Waals surface area contributed by atoms with Crippen molar-refractivity contribution in [3.05, 3.63) is 83.6 Å². The lowest BCUT2D eigenvalue weighted by Gasteiger charge is -2.12. The maximum Gasteiger partial charge on any atom is 0.252 e. The van der Waals surface area contributed by atoms with E-state index in [0.29, 0.717) is 30.2 Å². The fraction of sp³-hybridized carbons (Fsp3) is 0.136. The third kappa shape index (κ3) is 4.70. The molecule has 0 radical (unpaired) electrons. The van der Waals surface area contributed by atoms with Gasteiger partial charge in [0, 0.05) is 28.1 Å². The van der Waals surface area contributed by atoms with Gasteiger partial charge >= 0.3 is 0 Å². The van der Waals surface area contributed by atoms with E-state index in [9.17, 15) is 10.1 Å². The highest BCUT2D eigenvalue weighted by molar-refractivity contribution is 7.99. The number of benzene rings is 2. The van der Waals surface area contributed by atoms with Gasteiger partial charge in [0.1, 0.15) is 6.07 Å². The fourth-order valence-corrected chi connectivity index (χ4v) is 3.63. The Morgan fingerprint density at radius 2 is 1.86 bits per heavy atom. The summed E-state index contributed by atoms with van der Waals surface area (Å²) in [6.07, 6.45) is 1.66. The number of pyridine rings is 1. The Kier molecular flexibility index (Phi) is 6.66. The maximum atomic E-state index is 12.8. The van der Waals surface area contributed by atoms with Crippen LogP contribution >= 0.6 is 11.8 Å². The van der Waals surface area contributed by atoms with Gasteiger partial charge in [0.15, 0.2) is 0 Å². The highest BCUT2D eigenvalue weighted by Crippen LogP contribution is 2.32. The van der Waals surface area contributed by atoms with Crippen LogP contribution in [0.15, 0.2) is 76.7 Å². The van der Waals surface area contributed by atoms with Crippen LogP contribution in [0.4, 0.5) is 0 Å². The molecule has 0 aliphatic heterocycles. The van der Waals surface area contributed by atoms with E-state index in [-0.39, 0.29) is 5.91 Å². The molecule has 0 aliphatic carbocycles. The van der Waals surface area contributed by atoms with Gasteiger partial charge in [-0.3, -0.25) is 4.79 Å². The monoisotopic (exact) mass is 389 g/mol. The Bertz CT molecular complexity index is 1010. The van der Waals surface area contributed by atoms with Crippen molar-refractivity contribution in [1.29, 1.82) is 5.26 Å². The summed E-state index contributed by atoms with van der Waals surface area (Å²) in [6, 6.07) is 20.6. The molecule has 1 amide bonds. The van der Waals surface area contributed by atoms with Gasteiger partial charge in [-0.15, -0.1) is 0 Å². The molecule has 140 valence electrons. The predicted octanol–water partition coefficient (Wildman–Crippen LogP) is 4.43. The number of carbonyl (C=O) groups excluding carboxylic acids is 1. The summed E-state index contributed by atoms with van der Waals surface area (Å²) >= 11 is 1.41. The van der Waals surface area contributed by atoms with E-state index in [1.54, 1.807) is 18.3 Å². The molecule has 1 heterocycles. The first-order valence-corrected chi connectivity index (χ1v) is 9.65. The smallest absolute Gasteiger partial charge is 0.252 e. The molecule has 0 unspecified atom stereocenters. The van der Waals surface area contributed by atoms with Gasteiger partial charge in [-0.2, -0.15) is 5.26 Å². The number of rotatable bonds is 7. The van der Waals surface area contributed by atoms with Crippen LogP contribution in [0.1, 0.15) is 28.4 Å². The molecule has 6 heteroatoms. The van der Waals surface area contributed by atoms with Crippen LogP contribution in [0.2, 0.25) is 0 Å². The van der Waals surface area contributed by atoms with Crippen molar-refractivity contribution >= 4 is 17.7 Å². The third-order valence-corrected chi connectivity index (χ3v) is 5.08. The Balaban J connectivity index is 1.77. The molecule has 0 atom stereocenters. The first-order chi connectivity index (χ1) is 13.7. The SMILES string of the molecule is CCOc1ncccc1CNC(=O)c1ccccc1Sc1ccccc1C#N. The average Bonchev–Trinajstić information content (AvgIpc) is 2.74. The predicted molar refractivity (Wildman–Crippen MR) is 108 cm³/mol. The summed E-state index contributed by atoms with van der Waals surface area (Å²) in [7, 11) is 0. The Hall–Kier alpha value is -3.30. The molecule has 0 spiro atoms. The van der Waals surface area contributed by atoms with Crippen molar-refractivity contribution in [2.75, 3.05) is 6.61 Å². The molecule has 0 saturated carbocycles. The third-order valence-electron chi connectivity index (χ3n) is 3.93. The lowest BCUT2D eigenvalue weighted by atomic mass is 10.2. The topological polar surface area (TPSA) is 75.0 Å².